The van der Waals surface area contributed by atoms with E-state index in [0.717, 1.165) is 5.56 Å². The summed E-state index contributed by atoms with van der Waals surface area (Å²) < 4.78 is 43.3. The van der Waals surface area contributed by atoms with Crippen LogP contribution in [-0.2, 0) is 10.4 Å². The smallest absolute Gasteiger partial charge is 0.268 e. The third-order valence-electron chi connectivity index (χ3n) is 7.71. The molecule has 1 aromatic heterocycles. The first-order valence-corrected chi connectivity index (χ1v) is 13.1. The second-order valence-corrected chi connectivity index (χ2v) is 10.8. The van der Waals surface area contributed by atoms with E-state index in [1.54, 1.807) is 37.3 Å². The number of hydrogen-bond acceptors (Lipinski definition) is 4. The van der Waals surface area contributed by atoms with Crippen LogP contribution in [0.2, 0.25) is 0 Å². The molecule has 1 aliphatic carbocycles. The van der Waals surface area contributed by atoms with Crippen LogP contribution < -0.4 is 10.2 Å². The predicted octanol–water partition coefficient (Wildman–Crippen LogP) is 4.81. The van der Waals surface area contributed by atoms with Crippen LogP contribution in [0.1, 0.15) is 39.9 Å². The van der Waals surface area contributed by atoms with Crippen molar-refractivity contribution in [1.82, 2.24) is 10.3 Å². The number of carbonyl (C=O) groups is 2. The number of fused-ring (bicyclic) bond motifs is 1. The van der Waals surface area contributed by atoms with Gasteiger partial charge in [-0.25, -0.2) is 13.2 Å². The Hall–Kier alpha value is -3.43. The quantitative estimate of drug-likeness (QED) is 0.426. The summed E-state index contributed by atoms with van der Waals surface area (Å²) in [6, 6.07) is 12.8. The maximum Gasteiger partial charge on any atom is 0.268 e. The highest BCUT2D eigenvalue weighted by molar-refractivity contribution is 6.21. The van der Waals surface area contributed by atoms with E-state index in [2.05, 4.69) is 10.3 Å². The van der Waals surface area contributed by atoms with Crippen molar-refractivity contribution in [1.29, 1.82) is 0 Å². The Morgan fingerprint density at radius 3 is 2.64 bits per heavy atom. The number of nitrogens with one attached hydrogen (secondary N) is 1. The van der Waals surface area contributed by atoms with Crippen LogP contribution in [0.4, 0.5) is 18.9 Å². The van der Waals surface area contributed by atoms with Crippen LogP contribution in [0, 0.1) is 24.6 Å². The minimum atomic E-state index is -2.74. The van der Waals surface area contributed by atoms with E-state index >= 15 is 0 Å². The normalized spacial score (nSPS) is 26.5. The molecule has 2 N–H and O–H groups in total. The van der Waals surface area contributed by atoms with E-state index in [1.807, 2.05) is 0 Å². The first-order chi connectivity index (χ1) is 18.6. The van der Waals surface area contributed by atoms with E-state index in [0.29, 0.717) is 5.69 Å². The van der Waals surface area contributed by atoms with Crippen LogP contribution in [0.5, 0.6) is 0 Å². The largest absolute Gasteiger partial charge is 0.372 e. The number of benzene rings is 2. The molecular formula is C29H27ClF3N3O3. The van der Waals surface area contributed by atoms with E-state index in [1.165, 1.54) is 41.6 Å². The van der Waals surface area contributed by atoms with Crippen LogP contribution in [0.3, 0.4) is 0 Å². The summed E-state index contributed by atoms with van der Waals surface area (Å²) in [5.41, 5.74) is -0.839. The zero-order valence-corrected chi connectivity index (χ0v) is 21.8. The zero-order valence-electron chi connectivity index (χ0n) is 21.0. The van der Waals surface area contributed by atoms with Gasteiger partial charge in [-0.1, -0.05) is 35.9 Å². The van der Waals surface area contributed by atoms with Gasteiger partial charge in [-0.05, 0) is 49.9 Å². The van der Waals surface area contributed by atoms with Gasteiger partial charge in [0.15, 0.2) is 5.60 Å². The van der Waals surface area contributed by atoms with Crippen LogP contribution in [0.25, 0.3) is 0 Å². The van der Waals surface area contributed by atoms with E-state index in [4.69, 9.17) is 11.6 Å². The van der Waals surface area contributed by atoms with Crippen LogP contribution >= 0.6 is 11.6 Å². The van der Waals surface area contributed by atoms with Gasteiger partial charge >= 0.3 is 0 Å². The van der Waals surface area contributed by atoms with Crippen molar-refractivity contribution < 1.29 is 27.9 Å². The fraction of sp³-hybridized carbons (Fsp3) is 0.345. The van der Waals surface area contributed by atoms with Gasteiger partial charge < -0.3 is 15.3 Å². The average Bonchev–Trinajstić information content (AvgIpc) is 3.12. The Morgan fingerprint density at radius 2 is 1.95 bits per heavy atom. The van der Waals surface area contributed by atoms with Gasteiger partial charge in [-0.3, -0.25) is 14.6 Å². The summed E-state index contributed by atoms with van der Waals surface area (Å²) in [6.45, 7) is 1.74. The highest BCUT2D eigenvalue weighted by Gasteiger charge is 2.53. The molecule has 1 aliphatic heterocycles. The lowest BCUT2D eigenvalue weighted by atomic mass is 9.77. The van der Waals surface area contributed by atoms with Gasteiger partial charge in [-0.15, -0.1) is 11.6 Å². The number of aromatic nitrogens is 1. The first kappa shape index (κ1) is 27.1. The molecule has 2 aromatic carbocycles. The number of rotatable bonds is 6. The molecule has 2 amide bonds. The first-order valence-electron chi connectivity index (χ1n) is 12.6. The summed E-state index contributed by atoms with van der Waals surface area (Å²) >= 11 is 6.70. The Kier molecular flexibility index (Phi) is 7.39. The summed E-state index contributed by atoms with van der Waals surface area (Å²) in [7, 11) is 0. The molecule has 2 heterocycles. The van der Waals surface area contributed by atoms with Crippen LogP contribution in [-0.4, -0.2) is 46.3 Å². The van der Waals surface area contributed by atoms with Crippen molar-refractivity contribution in [2.75, 3.05) is 11.4 Å². The van der Waals surface area contributed by atoms with Crippen molar-refractivity contribution in [3.8, 4) is 0 Å². The van der Waals surface area contributed by atoms with Crippen molar-refractivity contribution in [2.24, 2.45) is 11.8 Å². The minimum Gasteiger partial charge on any atom is -0.372 e. The SMILES string of the molecule is Cc1ccc2c(c1)[C@@](O)(c1ccccc1F)C(=O)N2C[C@H]1C[C@@H](C(F)F)[C@H](NC(=O)c2cccnc2)C[C@H]1Cl. The second kappa shape index (κ2) is 10.6. The maximum absolute atomic E-state index is 14.8. The molecule has 3 aromatic rings. The number of alkyl halides is 3. The van der Waals surface area contributed by atoms with Gasteiger partial charge in [0.25, 0.3) is 11.8 Å². The highest BCUT2D eigenvalue weighted by Crippen LogP contribution is 2.47. The number of anilines is 1. The monoisotopic (exact) mass is 557 g/mol. The highest BCUT2D eigenvalue weighted by atomic mass is 35.5. The summed E-state index contributed by atoms with van der Waals surface area (Å²) in [5.74, 6) is -3.79. The number of aryl methyl sites for hydroxylation is 1. The topological polar surface area (TPSA) is 82.5 Å². The molecule has 39 heavy (non-hydrogen) atoms. The Balaban J connectivity index is 1.41. The number of amides is 2. The van der Waals surface area contributed by atoms with Gasteiger partial charge in [0.2, 0.25) is 6.43 Å². The summed E-state index contributed by atoms with van der Waals surface area (Å²) in [4.78, 5) is 31.6. The number of hydrogen-bond donors (Lipinski definition) is 2. The molecule has 0 unspecified atom stereocenters. The standard InChI is InChI=1S/C29H27ClF3N3O3/c1-16-8-9-25-21(11-16)29(39,20-6-2-3-7-23(20)31)28(38)36(25)15-18-12-19(26(32)33)24(13-22(18)30)35-27(37)17-5-4-10-34-14-17/h2-11,14,18-19,22,24,26,39H,12-13,15H2,1H3,(H,35,37)/t18-,19-,22-,24-,29+/m1/s1. The van der Waals surface area contributed by atoms with Gasteiger partial charge in [0.05, 0.1) is 11.3 Å². The van der Waals surface area contributed by atoms with Gasteiger partial charge in [0, 0.05) is 47.4 Å². The molecular weight excluding hydrogens is 531 g/mol. The third kappa shape index (κ3) is 4.89. The van der Waals surface area contributed by atoms with E-state index < -0.39 is 52.9 Å². The third-order valence-corrected chi connectivity index (χ3v) is 8.25. The molecule has 10 heteroatoms. The lowest BCUT2D eigenvalue weighted by Gasteiger charge is -2.40. The molecule has 0 spiro atoms. The van der Waals surface area contributed by atoms with Crippen molar-refractivity contribution >= 4 is 29.1 Å². The molecule has 5 rings (SSSR count). The second-order valence-electron chi connectivity index (χ2n) is 10.2. The number of pyridine rings is 1. The number of nitrogens with zero attached hydrogens (tertiary/aromatic N) is 2. The number of halogens is 4. The Morgan fingerprint density at radius 1 is 1.18 bits per heavy atom. The predicted molar refractivity (Wildman–Crippen MR) is 140 cm³/mol. The van der Waals surface area contributed by atoms with Crippen molar-refractivity contribution in [3.05, 3.63) is 95.1 Å². The summed E-state index contributed by atoms with van der Waals surface area (Å²) in [6.07, 6.45) is 0.118. The molecule has 0 bridgehead atoms. The molecule has 2 aliphatic rings. The Bertz CT molecular complexity index is 1390. The molecule has 6 nitrogen and oxygen atoms in total. The maximum atomic E-state index is 14.8. The molecule has 1 saturated carbocycles. The molecule has 0 radical (unpaired) electrons. The van der Waals surface area contributed by atoms with E-state index in [9.17, 15) is 27.9 Å². The zero-order chi connectivity index (χ0) is 27.9. The fourth-order valence-corrected chi connectivity index (χ4v) is 6.05. The molecule has 1 fully saturated rings. The van der Waals surface area contributed by atoms with Crippen molar-refractivity contribution in [2.45, 2.75) is 43.2 Å². The van der Waals surface area contributed by atoms with Gasteiger partial charge in [0.1, 0.15) is 5.82 Å². The molecule has 5 atom stereocenters. The van der Waals surface area contributed by atoms with E-state index in [-0.39, 0.29) is 36.1 Å². The lowest BCUT2D eigenvalue weighted by molar-refractivity contribution is -0.132. The number of aliphatic hydroxyl groups is 1. The van der Waals surface area contributed by atoms with Gasteiger partial charge in [-0.2, -0.15) is 0 Å². The Labute approximate surface area is 228 Å². The van der Waals surface area contributed by atoms with Crippen LogP contribution in [0.15, 0.2) is 67.0 Å². The average molecular weight is 558 g/mol. The summed E-state index contributed by atoms with van der Waals surface area (Å²) in [5, 5.41) is 13.7. The number of carbonyl (C=O) groups excluding carboxylic acids is 2. The van der Waals surface area contributed by atoms with Crippen molar-refractivity contribution in [3.63, 3.8) is 0 Å². The molecule has 0 saturated heterocycles. The minimum absolute atomic E-state index is 0.0493. The fourth-order valence-electron chi connectivity index (χ4n) is 5.68. The molecule has 204 valence electrons. The lowest BCUT2D eigenvalue weighted by Crippen LogP contribution is -2.52.